The summed E-state index contributed by atoms with van der Waals surface area (Å²) in [6.07, 6.45) is 1.30. The normalized spacial score (nSPS) is 15.7. The first-order valence-corrected chi connectivity index (χ1v) is 15.6. The molecule has 0 aliphatic carbocycles. The van der Waals surface area contributed by atoms with Crippen LogP contribution in [0.25, 0.3) is 27.7 Å². The van der Waals surface area contributed by atoms with Gasteiger partial charge >= 0.3 is 6.09 Å². The van der Waals surface area contributed by atoms with Crippen LogP contribution in [-0.4, -0.2) is 51.8 Å². The van der Waals surface area contributed by atoms with Gasteiger partial charge in [0.05, 0.1) is 11.2 Å². The number of piperazine rings is 1. The van der Waals surface area contributed by atoms with Crippen LogP contribution < -0.4 is 4.90 Å². The molecule has 226 valence electrons. The van der Waals surface area contributed by atoms with Crippen LogP contribution in [0.2, 0.25) is 5.02 Å². The van der Waals surface area contributed by atoms with Crippen LogP contribution in [0.1, 0.15) is 52.7 Å². The fraction of sp³-hybridized carbons (Fsp3) is 0.382. The molecule has 1 aromatic heterocycles. The summed E-state index contributed by atoms with van der Waals surface area (Å²) in [5.74, 6) is 0.347. The van der Waals surface area contributed by atoms with Crippen LogP contribution in [0.15, 0.2) is 54.6 Å². The molecular weight excluding hydrogens is 583 g/mol. The second-order valence-corrected chi connectivity index (χ2v) is 12.8. The van der Waals surface area contributed by atoms with Gasteiger partial charge in [0, 0.05) is 47.2 Å². The second-order valence-electron chi connectivity index (χ2n) is 12.0. The summed E-state index contributed by atoms with van der Waals surface area (Å²) in [4.78, 5) is 21.8. The molecule has 0 bridgehead atoms. The third-order valence-corrected chi connectivity index (χ3v) is 8.45. The third-order valence-electron chi connectivity index (χ3n) is 7.86. The summed E-state index contributed by atoms with van der Waals surface area (Å²) >= 11 is 13.0. The Hall–Kier alpha value is -3.49. The highest BCUT2D eigenvalue weighted by Crippen LogP contribution is 2.39. The molecule has 43 heavy (non-hydrogen) atoms. The van der Waals surface area contributed by atoms with Gasteiger partial charge in [0.15, 0.2) is 0 Å². The molecule has 0 N–H and O–H groups in total. The summed E-state index contributed by atoms with van der Waals surface area (Å²) < 4.78 is 23.1. The molecule has 6 nitrogen and oxygen atoms in total. The lowest BCUT2D eigenvalue weighted by atomic mass is 10.00. The van der Waals surface area contributed by atoms with E-state index in [0.717, 1.165) is 40.6 Å². The van der Waals surface area contributed by atoms with Gasteiger partial charge in [0.1, 0.15) is 17.2 Å². The standard InChI is InChI=1S/C34H38ClFN4O2S/c1-7-22-12-11-13-23(8-2)30(22)40-29-19-25(24-14-9-10-15-28(24)36)27(35)18-26(29)31(37-32(40)43)39-17-16-38(20-21(39)3)33(41)42-34(4,5)6/h9-15,18-19,21H,7-8,16-17,20H2,1-6H3/t21-/m0/s1. The van der Waals surface area contributed by atoms with E-state index in [4.69, 9.17) is 33.5 Å². The molecular formula is C34H38ClFN4O2S. The Morgan fingerprint density at radius 3 is 2.33 bits per heavy atom. The number of nitrogens with zero attached hydrogens (tertiary/aromatic N) is 4. The lowest BCUT2D eigenvalue weighted by Gasteiger charge is -2.41. The Balaban J connectivity index is 1.72. The number of aromatic nitrogens is 2. The number of para-hydroxylation sites is 1. The van der Waals surface area contributed by atoms with Gasteiger partial charge in [0.25, 0.3) is 0 Å². The zero-order valence-electron chi connectivity index (χ0n) is 25.6. The van der Waals surface area contributed by atoms with Crippen molar-refractivity contribution >= 4 is 46.6 Å². The summed E-state index contributed by atoms with van der Waals surface area (Å²) in [5, 5.41) is 1.23. The van der Waals surface area contributed by atoms with E-state index in [1.807, 2.05) is 37.5 Å². The van der Waals surface area contributed by atoms with E-state index in [2.05, 4.69) is 43.9 Å². The first kappa shape index (κ1) is 31.0. The Morgan fingerprint density at radius 1 is 1.05 bits per heavy atom. The summed E-state index contributed by atoms with van der Waals surface area (Å²) in [6.45, 7) is 13.4. The van der Waals surface area contributed by atoms with Gasteiger partial charge in [-0.05, 0) is 82.1 Å². The van der Waals surface area contributed by atoms with E-state index in [0.29, 0.717) is 46.4 Å². The number of carbonyl (C=O) groups is 1. The van der Waals surface area contributed by atoms with Gasteiger partial charge in [-0.1, -0.05) is 61.8 Å². The van der Waals surface area contributed by atoms with Gasteiger partial charge in [-0.2, -0.15) is 0 Å². The average molecular weight is 621 g/mol. The Morgan fingerprint density at radius 2 is 1.72 bits per heavy atom. The Kier molecular flexibility index (Phi) is 8.82. The Labute approximate surface area is 263 Å². The number of rotatable bonds is 5. The molecule has 1 aliphatic heterocycles. The van der Waals surface area contributed by atoms with Gasteiger partial charge in [-0.15, -0.1) is 0 Å². The number of halogens is 2. The zero-order valence-corrected chi connectivity index (χ0v) is 27.2. The van der Waals surface area contributed by atoms with Gasteiger partial charge in [-0.3, -0.25) is 4.57 Å². The molecule has 9 heteroatoms. The van der Waals surface area contributed by atoms with Crippen molar-refractivity contribution in [3.63, 3.8) is 0 Å². The van der Waals surface area contributed by atoms with Gasteiger partial charge < -0.3 is 14.5 Å². The van der Waals surface area contributed by atoms with Crippen molar-refractivity contribution < 1.29 is 13.9 Å². The monoisotopic (exact) mass is 620 g/mol. The minimum absolute atomic E-state index is 0.0682. The lowest BCUT2D eigenvalue weighted by molar-refractivity contribution is 0.0218. The quantitative estimate of drug-likeness (QED) is 0.209. The van der Waals surface area contributed by atoms with Gasteiger partial charge in [0.2, 0.25) is 4.77 Å². The molecule has 1 atom stereocenters. The smallest absolute Gasteiger partial charge is 0.410 e. The average Bonchev–Trinajstić information content (AvgIpc) is 2.96. The molecule has 1 saturated heterocycles. The van der Waals surface area contributed by atoms with E-state index in [1.54, 1.807) is 23.1 Å². The number of anilines is 1. The van der Waals surface area contributed by atoms with E-state index in [9.17, 15) is 4.79 Å². The molecule has 3 aromatic carbocycles. The number of hydrogen-bond donors (Lipinski definition) is 0. The van der Waals surface area contributed by atoms with Crippen molar-refractivity contribution in [3.8, 4) is 16.8 Å². The number of fused-ring (bicyclic) bond motifs is 1. The van der Waals surface area contributed by atoms with Crippen molar-refractivity contribution in [1.82, 2.24) is 14.5 Å². The largest absolute Gasteiger partial charge is 0.444 e. The van der Waals surface area contributed by atoms with E-state index in [-0.39, 0.29) is 18.0 Å². The van der Waals surface area contributed by atoms with E-state index in [1.165, 1.54) is 6.07 Å². The minimum atomic E-state index is -0.571. The third kappa shape index (κ3) is 6.13. The van der Waals surface area contributed by atoms with Crippen molar-refractivity contribution in [3.05, 3.63) is 81.3 Å². The predicted molar refractivity (Wildman–Crippen MR) is 176 cm³/mol. The van der Waals surface area contributed by atoms with Crippen LogP contribution >= 0.6 is 23.8 Å². The zero-order chi connectivity index (χ0) is 31.1. The number of hydrogen-bond acceptors (Lipinski definition) is 5. The van der Waals surface area contributed by atoms with Crippen LogP contribution in [0, 0.1) is 10.6 Å². The molecule has 0 saturated carbocycles. The topological polar surface area (TPSA) is 50.6 Å². The highest BCUT2D eigenvalue weighted by molar-refractivity contribution is 7.71. The molecule has 0 spiro atoms. The lowest BCUT2D eigenvalue weighted by Crippen LogP contribution is -2.55. The SMILES string of the molecule is CCc1cccc(CC)c1-n1c(=S)nc(N2CCN(C(=O)OC(C)(C)C)C[C@@H]2C)c2cc(Cl)c(-c3ccccc3F)cc21. The second kappa shape index (κ2) is 12.2. The molecule has 5 rings (SSSR count). The number of amides is 1. The highest BCUT2D eigenvalue weighted by atomic mass is 35.5. The predicted octanol–water partition coefficient (Wildman–Crippen LogP) is 8.78. The molecule has 0 radical (unpaired) electrons. The first-order chi connectivity index (χ1) is 20.4. The molecule has 1 amide bonds. The van der Waals surface area contributed by atoms with Crippen LogP contribution in [0.3, 0.4) is 0 Å². The molecule has 1 aliphatic rings. The van der Waals surface area contributed by atoms with Crippen molar-refractivity contribution in [1.29, 1.82) is 0 Å². The van der Waals surface area contributed by atoms with Crippen LogP contribution in [-0.2, 0) is 17.6 Å². The van der Waals surface area contributed by atoms with E-state index >= 15 is 4.39 Å². The summed E-state index contributed by atoms with van der Waals surface area (Å²) in [6, 6.07) is 16.7. The maximum absolute atomic E-state index is 15.1. The summed E-state index contributed by atoms with van der Waals surface area (Å²) in [5.41, 5.74) is 4.53. The first-order valence-electron chi connectivity index (χ1n) is 14.8. The van der Waals surface area contributed by atoms with Gasteiger partial charge in [-0.25, -0.2) is 14.2 Å². The minimum Gasteiger partial charge on any atom is -0.444 e. The van der Waals surface area contributed by atoms with Crippen LogP contribution in [0.4, 0.5) is 15.0 Å². The number of ether oxygens (including phenoxy) is 1. The van der Waals surface area contributed by atoms with Crippen molar-refractivity contribution in [2.75, 3.05) is 24.5 Å². The summed E-state index contributed by atoms with van der Waals surface area (Å²) in [7, 11) is 0. The maximum Gasteiger partial charge on any atom is 0.410 e. The number of benzene rings is 3. The fourth-order valence-corrected chi connectivity index (χ4v) is 6.36. The molecule has 2 heterocycles. The van der Waals surface area contributed by atoms with E-state index < -0.39 is 5.60 Å². The molecule has 1 fully saturated rings. The Bertz CT molecular complexity index is 1730. The number of aryl methyl sites for hydroxylation is 2. The molecule has 4 aromatic rings. The number of carbonyl (C=O) groups excluding carboxylic acids is 1. The van der Waals surface area contributed by atoms with Crippen molar-refractivity contribution in [2.24, 2.45) is 0 Å². The highest BCUT2D eigenvalue weighted by Gasteiger charge is 2.32. The fourth-order valence-electron chi connectivity index (χ4n) is 5.82. The maximum atomic E-state index is 15.1. The van der Waals surface area contributed by atoms with Crippen LogP contribution in [0.5, 0.6) is 0 Å². The van der Waals surface area contributed by atoms with Crippen molar-refractivity contribution in [2.45, 2.75) is 66.0 Å². The molecule has 0 unspecified atom stereocenters.